The predicted molar refractivity (Wildman–Crippen MR) is 46.9 cm³/mol. The number of halogens is 3. The van der Waals surface area contributed by atoms with Gasteiger partial charge in [-0.2, -0.15) is 13.2 Å². The average Bonchev–Trinajstić information content (AvgIpc) is 2.48. The summed E-state index contributed by atoms with van der Waals surface area (Å²) in [6, 6.07) is 0. The number of thioether (sulfide) groups is 1. The number of anilines is 1. The Bertz CT molecular complexity index is 236. The van der Waals surface area contributed by atoms with Crippen LogP contribution in [0.25, 0.3) is 0 Å². The molecule has 0 aliphatic heterocycles. The molecule has 0 bridgehead atoms. The molecule has 0 aliphatic carbocycles. The first-order valence-electron chi connectivity index (χ1n) is 3.28. The maximum absolute atomic E-state index is 11.6. The molecule has 1 rings (SSSR count). The molecular formula is C5H6F3N3S2. The van der Waals surface area contributed by atoms with E-state index in [1.54, 1.807) is 0 Å². The van der Waals surface area contributed by atoms with Crippen LogP contribution in [0.2, 0.25) is 0 Å². The number of alkyl halides is 3. The van der Waals surface area contributed by atoms with E-state index < -0.39 is 5.51 Å². The summed E-state index contributed by atoms with van der Waals surface area (Å²) in [5, 5.41) is 10.4. The van der Waals surface area contributed by atoms with Crippen LogP contribution in [0.1, 0.15) is 0 Å². The molecule has 0 saturated heterocycles. The summed E-state index contributed by atoms with van der Waals surface area (Å²) in [7, 11) is 0. The van der Waals surface area contributed by atoms with Crippen LogP contribution in [0.4, 0.5) is 18.3 Å². The van der Waals surface area contributed by atoms with E-state index in [-0.39, 0.29) is 24.1 Å². The minimum Gasteiger partial charge on any atom is -0.359 e. The number of hydrogen-bond acceptors (Lipinski definition) is 5. The van der Waals surface area contributed by atoms with E-state index in [0.29, 0.717) is 5.13 Å². The second-order valence-corrected chi connectivity index (χ2v) is 3.96. The van der Waals surface area contributed by atoms with Gasteiger partial charge in [0.05, 0.1) is 0 Å². The number of hydrogen-bond donors (Lipinski definition) is 1. The summed E-state index contributed by atoms with van der Waals surface area (Å²) in [5.41, 5.74) is -2.64. The molecule has 8 heteroatoms. The molecule has 1 N–H and O–H groups in total. The van der Waals surface area contributed by atoms with Crippen LogP contribution in [0.15, 0.2) is 5.51 Å². The van der Waals surface area contributed by atoms with Crippen LogP contribution in [-0.2, 0) is 0 Å². The highest BCUT2D eigenvalue weighted by atomic mass is 32.2. The van der Waals surface area contributed by atoms with Gasteiger partial charge in [0, 0.05) is 12.3 Å². The van der Waals surface area contributed by atoms with Gasteiger partial charge in [-0.25, -0.2) is 0 Å². The van der Waals surface area contributed by atoms with Gasteiger partial charge in [0.15, 0.2) is 0 Å². The Morgan fingerprint density at radius 3 is 2.85 bits per heavy atom. The maximum Gasteiger partial charge on any atom is 0.441 e. The highest BCUT2D eigenvalue weighted by Crippen LogP contribution is 2.29. The van der Waals surface area contributed by atoms with Crippen molar-refractivity contribution in [2.75, 3.05) is 17.6 Å². The first-order valence-corrected chi connectivity index (χ1v) is 5.15. The predicted octanol–water partition coefficient (Wildman–Crippen LogP) is 2.20. The van der Waals surface area contributed by atoms with E-state index in [2.05, 4.69) is 15.5 Å². The average molecular weight is 229 g/mol. The Balaban J connectivity index is 2.09. The summed E-state index contributed by atoms with van der Waals surface area (Å²) in [6.07, 6.45) is 0. The molecule has 0 fully saturated rings. The van der Waals surface area contributed by atoms with E-state index in [4.69, 9.17) is 0 Å². The van der Waals surface area contributed by atoms with Gasteiger partial charge in [0.2, 0.25) is 5.13 Å². The van der Waals surface area contributed by atoms with Gasteiger partial charge in [-0.05, 0) is 11.8 Å². The summed E-state index contributed by atoms with van der Waals surface area (Å²) >= 11 is 1.21. The van der Waals surface area contributed by atoms with Crippen LogP contribution in [-0.4, -0.2) is 28.0 Å². The standard InChI is InChI=1S/C5H6F3N3S2/c6-5(7,8)13-2-1-9-4-11-10-3-12-4/h3H,1-2H2,(H,9,11). The molecule has 74 valence electrons. The molecule has 0 aliphatic rings. The van der Waals surface area contributed by atoms with Crippen molar-refractivity contribution in [3.8, 4) is 0 Å². The summed E-state index contributed by atoms with van der Waals surface area (Å²) in [4.78, 5) is 0. The number of nitrogens with zero attached hydrogens (tertiary/aromatic N) is 2. The molecule has 0 unspecified atom stereocenters. The van der Waals surface area contributed by atoms with Crippen molar-refractivity contribution in [3.05, 3.63) is 5.51 Å². The molecular weight excluding hydrogens is 223 g/mol. The molecule has 1 heterocycles. The third-order valence-electron chi connectivity index (χ3n) is 1.00. The number of nitrogens with one attached hydrogen (secondary N) is 1. The molecule has 0 aromatic carbocycles. The zero-order valence-electron chi connectivity index (χ0n) is 6.34. The largest absolute Gasteiger partial charge is 0.441 e. The lowest BCUT2D eigenvalue weighted by atomic mass is 10.7. The van der Waals surface area contributed by atoms with Crippen molar-refractivity contribution in [1.82, 2.24) is 10.2 Å². The first-order chi connectivity index (χ1) is 6.08. The van der Waals surface area contributed by atoms with E-state index in [9.17, 15) is 13.2 Å². The van der Waals surface area contributed by atoms with Crippen molar-refractivity contribution in [2.24, 2.45) is 0 Å². The van der Waals surface area contributed by atoms with Crippen molar-refractivity contribution in [2.45, 2.75) is 5.51 Å². The van der Waals surface area contributed by atoms with Crippen LogP contribution in [0.5, 0.6) is 0 Å². The zero-order chi connectivity index (χ0) is 9.73. The fourth-order valence-corrected chi connectivity index (χ4v) is 1.48. The molecule has 0 spiro atoms. The van der Waals surface area contributed by atoms with Crippen molar-refractivity contribution in [1.29, 1.82) is 0 Å². The minimum absolute atomic E-state index is 0.0247. The second-order valence-electron chi connectivity index (χ2n) is 1.96. The van der Waals surface area contributed by atoms with Crippen molar-refractivity contribution >= 4 is 28.2 Å². The van der Waals surface area contributed by atoms with Gasteiger partial charge < -0.3 is 5.32 Å². The van der Waals surface area contributed by atoms with Gasteiger partial charge in [0.25, 0.3) is 0 Å². The van der Waals surface area contributed by atoms with Gasteiger partial charge in [-0.3, -0.25) is 0 Å². The van der Waals surface area contributed by atoms with Gasteiger partial charge in [0.1, 0.15) is 5.51 Å². The molecule has 0 amide bonds. The lowest BCUT2D eigenvalue weighted by Crippen LogP contribution is -2.09. The molecule has 0 atom stereocenters. The summed E-state index contributed by atoms with van der Waals surface area (Å²) in [5.74, 6) is -0.0247. The fraction of sp³-hybridized carbons (Fsp3) is 0.600. The monoisotopic (exact) mass is 229 g/mol. The third kappa shape index (κ3) is 4.94. The topological polar surface area (TPSA) is 37.8 Å². The van der Waals surface area contributed by atoms with E-state index >= 15 is 0 Å². The first kappa shape index (κ1) is 10.6. The van der Waals surface area contributed by atoms with Gasteiger partial charge >= 0.3 is 5.51 Å². The smallest absolute Gasteiger partial charge is 0.359 e. The Labute approximate surface area is 80.7 Å². The Morgan fingerprint density at radius 1 is 1.54 bits per heavy atom. The highest BCUT2D eigenvalue weighted by Gasteiger charge is 2.27. The molecule has 0 radical (unpaired) electrons. The van der Waals surface area contributed by atoms with Gasteiger partial charge in [-0.1, -0.05) is 11.3 Å². The van der Waals surface area contributed by atoms with Crippen LogP contribution >= 0.6 is 23.1 Å². The van der Waals surface area contributed by atoms with Crippen molar-refractivity contribution < 1.29 is 13.2 Å². The lowest BCUT2D eigenvalue weighted by molar-refractivity contribution is -0.0327. The van der Waals surface area contributed by atoms with E-state index in [0.717, 1.165) is 0 Å². The lowest BCUT2D eigenvalue weighted by Gasteiger charge is -2.04. The number of rotatable bonds is 4. The van der Waals surface area contributed by atoms with E-state index in [1.165, 1.54) is 16.8 Å². The molecule has 1 aromatic heterocycles. The molecule has 0 saturated carbocycles. The van der Waals surface area contributed by atoms with Crippen LogP contribution in [0, 0.1) is 0 Å². The highest BCUT2D eigenvalue weighted by molar-refractivity contribution is 8.00. The zero-order valence-corrected chi connectivity index (χ0v) is 7.97. The molecule has 3 nitrogen and oxygen atoms in total. The minimum atomic E-state index is -4.15. The fourth-order valence-electron chi connectivity index (χ4n) is 0.575. The molecule has 1 aromatic rings. The summed E-state index contributed by atoms with van der Waals surface area (Å²) < 4.78 is 34.9. The number of aromatic nitrogens is 2. The van der Waals surface area contributed by atoms with Crippen LogP contribution in [0.3, 0.4) is 0 Å². The van der Waals surface area contributed by atoms with Crippen molar-refractivity contribution in [3.63, 3.8) is 0 Å². The second kappa shape index (κ2) is 4.66. The van der Waals surface area contributed by atoms with Crippen LogP contribution < -0.4 is 5.32 Å². The summed E-state index contributed by atoms with van der Waals surface area (Å²) in [6.45, 7) is 0.235. The quantitative estimate of drug-likeness (QED) is 0.803. The maximum atomic E-state index is 11.6. The Hall–Kier alpha value is -0.500. The molecule has 13 heavy (non-hydrogen) atoms. The Morgan fingerprint density at radius 2 is 2.31 bits per heavy atom. The normalized spacial score (nSPS) is 11.6. The Kier molecular flexibility index (Phi) is 3.79. The third-order valence-corrected chi connectivity index (χ3v) is 2.39. The SMILES string of the molecule is FC(F)(F)SCCNc1nncs1. The van der Waals surface area contributed by atoms with E-state index in [1.807, 2.05) is 0 Å². The van der Waals surface area contributed by atoms with Gasteiger partial charge in [-0.15, -0.1) is 10.2 Å².